The molecule has 2 aliphatic rings. The lowest BCUT2D eigenvalue weighted by Crippen LogP contribution is -2.48. The first-order valence-electron chi connectivity index (χ1n) is 7.17. The summed E-state index contributed by atoms with van der Waals surface area (Å²) in [4.78, 5) is 17.6. The molecule has 0 spiro atoms. The van der Waals surface area contributed by atoms with E-state index >= 15 is 0 Å². The van der Waals surface area contributed by atoms with E-state index in [1.165, 1.54) is 9.80 Å². The fourth-order valence-corrected chi connectivity index (χ4v) is 2.89. The summed E-state index contributed by atoms with van der Waals surface area (Å²) >= 11 is 0. The monoisotopic (exact) mass is 331 g/mol. The van der Waals surface area contributed by atoms with E-state index in [0.717, 1.165) is 5.56 Å². The third kappa shape index (κ3) is 2.80. The molecule has 1 atom stereocenters. The minimum Gasteiger partial charge on any atom is -0.465 e. The molecule has 1 unspecified atom stereocenters. The van der Waals surface area contributed by atoms with E-state index in [9.17, 15) is 23.1 Å². The summed E-state index contributed by atoms with van der Waals surface area (Å²) in [7, 11) is 0. The number of hydrogen-bond donors (Lipinski definition) is 2. The van der Waals surface area contributed by atoms with Crippen molar-refractivity contribution in [3.63, 3.8) is 0 Å². The predicted molar refractivity (Wildman–Crippen MR) is 74.4 cm³/mol. The van der Waals surface area contributed by atoms with Crippen molar-refractivity contribution in [2.24, 2.45) is 0 Å². The molecule has 0 aliphatic carbocycles. The molecule has 0 saturated carbocycles. The number of aromatic nitrogens is 1. The van der Waals surface area contributed by atoms with Gasteiger partial charge in [0, 0.05) is 38.2 Å². The molecule has 2 aliphatic heterocycles. The van der Waals surface area contributed by atoms with Crippen LogP contribution in [-0.2, 0) is 0 Å². The van der Waals surface area contributed by atoms with Crippen molar-refractivity contribution in [1.29, 1.82) is 0 Å². The predicted octanol–water partition coefficient (Wildman–Crippen LogP) is 1.66. The Hall–Kier alpha value is -2.03. The molecule has 23 heavy (non-hydrogen) atoms. The third-order valence-corrected chi connectivity index (χ3v) is 4.49. The van der Waals surface area contributed by atoms with Crippen LogP contribution in [0.15, 0.2) is 18.3 Å². The largest absolute Gasteiger partial charge is 0.465 e. The number of aliphatic hydroxyl groups is 1. The number of carbonyl (C=O) groups is 1. The van der Waals surface area contributed by atoms with Gasteiger partial charge in [-0.05, 0) is 11.6 Å². The first-order chi connectivity index (χ1) is 10.7. The Morgan fingerprint density at radius 2 is 2.04 bits per heavy atom. The number of rotatable bonds is 2. The summed E-state index contributed by atoms with van der Waals surface area (Å²) in [5.41, 5.74) is -1.83. The highest BCUT2D eigenvalue weighted by atomic mass is 19.4. The fourth-order valence-electron chi connectivity index (χ4n) is 2.89. The molecule has 0 bridgehead atoms. The van der Waals surface area contributed by atoms with Gasteiger partial charge in [0.05, 0.1) is 6.54 Å². The summed E-state index contributed by atoms with van der Waals surface area (Å²) < 4.78 is 38.4. The molecule has 126 valence electrons. The van der Waals surface area contributed by atoms with Crippen molar-refractivity contribution < 1.29 is 28.2 Å². The average Bonchev–Trinajstić information content (AvgIpc) is 2.81. The van der Waals surface area contributed by atoms with E-state index in [1.54, 1.807) is 18.3 Å². The van der Waals surface area contributed by atoms with Crippen LogP contribution in [0.1, 0.15) is 17.9 Å². The lowest BCUT2D eigenvalue weighted by atomic mass is 9.93. The van der Waals surface area contributed by atoms with Gasteiger partial charge in [-0.2, -0.15) is 13.2 Å². The molecule has 2 N–H and O–H groups in total. The smallest absolute Gasteiger partial charge is 0.418 e. The lowest BCUT2D eigenvalue weighted by Gasteiger charge is -2.37. The van der Waals surface area contributed by atoms with Crippen LogP contribution in [0.3, 0.4) is 0 Å². The fraction of sp³-hybridized carbons (Fsp3) is 0.571. The number of halogens is 3. The maximum Gasteiger partial charge on any atom is 0.418 e. The lowest BCUT2D eigenvalue weighted by molar-refractivity contribution is -0.250. The summed E-state index contributed by atoms with van der Waals surface area (Å²) in [5, 5.41) is 18.5. The SMILES string of the molecule is O=C(O)N1CC(c2ccc(N3CCC(O)(C(F)(F)F)C3)nc2)C1. The van der Waals surface area contributed by atoms with Gasteiger partial charge in [-0.3, -0.25) is 0 Å². The highest BCUT2D eigenvalue weighted by molar-refractivity contribution is 5.66. The van der Waals surface area contributed by atoms with Crippen LogP contribution in [0.5, 0.6) is 0 Å². The zero-order valence-electron chi connectivity index (χ0n) is 12.1. The van der Waals surface area contributed by atoms with Crippen LogP contribution in [0.2, 0.25) is 0 Å². The van der Waals surface area contributed by atoms with Crippen LogP contribution < -0.4 is 4.90 Å². The first kappa shape index (κ1) is 15.9. The Morgan fingerprint density at radius 1 is 1.35 bits per heavy atom. The van der Waals surface area contributed by atoms with E-state index in [0.29, 0.717) is 18.9 Å². The highest BCUT2D eigenvalue weighted by Crippen LogP contribution is 2.39. The van der Waals surface area contributed by atoms with Crippen LogP contribution in [0.4, 0.5) is 23.8 Å². The van der Waals surface area contributed by atoms with Gasteiger partial charge in [-0.1, -0.05) is 6.07 Å². The molecule has 1 amide bonds. The minimum atomic E-state index is -4.66. The summed E-state index contributed by atoms with van der Waals surface area (Å²) in [6.07, 6.45) is -4.44. The second-order valence-corrected chi connectivity index (χ2v) is 6.04. The van der Waals surface area contributed by atoms with Crippen LogP contribution >= 0.6 is 0 Å². The van der Waals surface area contributed by atoms with Crippen LogP contribution in [0.25, 0.3) is 0 Å². The molecule has 0 aromatic carbocycles. The zero-order valence-corrected chi connectivity index (χ0v) is 12.1. The Labute approximate surface area is 130 Å². The Bertz CT molecular complexity index is 602. The van der Waals surface area contributed by atoms with Gasteiger partial charge < -0.3 is 20.0 Å². The molecule has 2 fully saturated rings. The number of β-amino-alcohol motifs (C(OH)–C–C–N with tert-alkyl or cyclic N) is 1. The minimum absolute atomic E-state index is 0.0679. The Morgan fingerprint density at radius 3 is 2.52 bits per heavy atom. The number of pyridine rings is 1. The first-order valence-corrected chi connectivity index (χ1v) is 7.17. The number of hydrogen-bond acceptors (Lipinski definition) is 4. The van der Waals surface area contributed by atoms with E-state index in [4.69, 9.17) is 5.11 Å². The van der Waals surface area contributed by atoms with E-state index in [2.05, 4.69) is 4.98 Å². The second-order valence-electron chi connectivity index (χ2n) is 6.04. The Kier molecular flexibility index (Phi) is 3.62. The number of carboxylic acid groups (broad SMARTS) is 1. The maximum absolute atomic E-state index is 12.8. The zero-order chi connectivity index (χ0) is 16.8. The molecule has 1 aromatic heterocycles. The topological polar surface area (TPSA) is 76.9 Å². The second kappa shape index (κ2) is 5.26. The van der Waals surface area contributed by atoms with Gasteiger partial charge in [0.25, 0.3) is 0 Å². The van der Waals surface area contributed by atoms with Crippen molar-refractivity contribution in [1.82, 2.24) is 9.88 Å². The van der Waals surface area contributed by atoms with Gasteiger partial charge >= 0.3 is 12.3 Å². The summed E-state index contributed by atoms with van der Waals surface area (Å²) in [6, 6.07) is 3.36. The molecular formula is C14H16F3N3O3. The van der Waals surface area contributed by atoms with Crippen molar-refractivity contribution in [3.8, 4) is 0 Å². The van der Waals surface area contributed by atoms with Crippen molar-refractivity contribution >= 4 is 11.9 Å². The molecule has 2 saturated heterocycles. The van der Waals surface area contributed by atoms with Gasteiger partial charge in [0.15, 0.2) is 5.60 Å². The number of anilines is 1. The number of amides is 1. The molecule has 1 aromatic rings. The molecule has 6 nitrogen and oxygen atoms in total. The van der Waals surface area contributed by atoms with Gasteiger partial charge in [-0.15, -0.1) is 0 Å². The summed E-state index contributed by atoms with van der Waals surface area (Å²) in [5.74, 6) is 0.446. The third-order valence-electron chi connectivity index (χ3n) is 4.49. The van der Waals surface area contributed by atoms with Crippen molar-refractivity contribution in [3.05, 3.63) is 23.9 Å². The van der Waals surface area contributed by atoms with E-state index in [-0.39, 0.29) is 18.9 Å². The van der Waals surface area contributed by atoms with Crippen molar-refractivity contribution in [2.45, 2.75) is 24.1 Å². The highest BCUT2D eigenvalue weighted by Gasteiger charge is 2.57. The summed E-state index contributed by atoms with van der Waals surface area (Å²) in [6.45, 7) is 0.347. The van der Waals surface area contributed by atoms with Gasteiger partial charge in [-0.25, -0.2) is 9.78 Å². The molecule has 0 radical (unpaired) electrons. The molecule has 9 heteroatoms. The number of likely N-dealkylation sites (tertiary alicyclic amines) is 1. The molecule has 3 heterocycles. The maximum atomic E-state index is 12.8. The van der Waals surface area contributed by atoms with Crippen LogP contribution in [0, 0.1) is 0 Å². The average molecular weight is 331 g/mol. The standard InChI is InChI=1S/C14H16F3N3O3/c15-14(16,17)13(23)3-4-19(8-13)11-2-1-9(5-18-11)10-6-20(7-10)12(21)22/h1-2,5,10,23H,3-4,6-8H2,(H,21,22). The van der Waals surface area contributed by atoms with E-state index in [1.807, 2.05) is 0 Å². The normalized spacial score (nSPS) is 25.6. The Balaban J connectivity index is 1.64. The quantitative estimate of drug-likeness (QED) is 0.862. The van der Waals surface area contributed by atoms with Crippen molar-refractivity contribution in [2.75, 3.05) is 31.1 Å². The molecular weight excluding hydrogens is 315 g/mol. The van der Waals surface area contributed by atoms with Gasteiger partial charge in [0.1, 0.15) is 5.82 Å². The van der Waals surface area contributed by atoms with E-state index < -0.39 is 24.4 Å². The van der Waals surface area contributed by atoms with Gasteiger partial charge in [0.2, 0.25) is 0 Å². The molecule has 3 rings (SSSR count). The van der Waals surface area contributed by atoms with Crippen LogP contribution in [-0.4, -0.2) is 64.1 Å². The number of alkyl halides is 3. The number of nitrogens with zero attached hydrogens (tertiary/aromatic N) is 3.